The fourth-order valence-electron chi connectivity index (χ4n) is 3.49. The van der Waals surface area contributed by atoms with Gasteiger partial charge in [-0.1, -0.05) is 33.6 Å². The first-order valence-electron chi connectivity index (χ1n) is 7.57. The second-order valence-corrected chi connectivity index (χ2v) is 7.71. The van der Waals surface area contributed by atoms with Crippen LogP contribution in [0.5, 0.6) is 0 Å². The van der Waals surface area contributed by atoms with Crippen LogP contribution in [0.1, 0.15) is 72.1 Å². The maximum Gasteiger partial charge on any atom is 0.309 e. The molecule has 2 rings (SSSR count). The van der Waals surface area contributed by atoms with Crippen LogP contribution in [0.3, 0.4) is 0 Å². The van der Waals surface area contributed by atoms with Gasteiger partial charge in [-0.3, -0.25) is 4.79 Å². The minimum absolute atomic E-state index is 0.334. The maximum atomic E-state index is 11.7. The van der Waals surface area contributed by atoms with Gasteiger partial charge in [0.15, 0.2) is 0 Å². The quantitative estimate of drug-likeness (QED) is 0.800. The Kier molecular flexibility index (Phi) is 3.75. The van der Waals surface area contributed by atoms with Gasteiger partial charge in [0.2, 0.25) is 0 Å². The third-order valence-electron chi connectivity index (χ3n) is 5.35. The Balaban J connectivity index is 1.94. The third-order valence-corrected chi connectivity index (χ3v) is 5.35. The molecule has 0 aromatic carbocycles. The molecule has 0 aromatic heterocycles. The highest BCUT2D eigenvalue weighted by Crippen LogP contribution is 2.49. The first kappa shape index (κ1) is 13.9. The molecule has 0 aromatic rings. The molecule has 0 atom stereocenters. The predicted octanol–water partition coefficient (Wildman–Crippen LogP) is 4.48. The number of aliphatic carboxylic acids is 1. The van der Waals surface area contributed by atoms with Gasteiger partial charge in [-0.25, -0.2) is 0 Å². The fraction of sp³-hybridized carbons (Fsp3) is 0.938. The number of carboxylic acid groups (broad SMARTS) is 1. The zero-order valence-corrected chi connectivity index (χ0v) is 12.2. The fourth-order valence-corrected chi connectivity index (χ4v) is 3.49. The number of hydrogen-bond donors (Lipinski definition) is 1. The Morgan fingerprint density at radius 1 is 1.17 bits per heavy atom. The van der Waals surface area contributed by atoms with E-state index in [-0.39, 0.29) is 5.41 Å². The molecule has 2 aliphatic carbocycles. The van der Waals surface area contributed by atoms with E-state index in [0.717, 1.165) is 44.4 Å². The average molecular weight is 252 g/mol. The lowest BCUT2D eigenvalue weighted by molar-refractivity contribution is -0.153. The molecule has 0 bridgehead atoms. The van der Waals surface area contributed by atoms with Crippen LogP contribution in [0.15, 0.2) is 0 Å². The Bertz CT molecular complexity index is 302. The first-order chi connectivity index (χ1) is 8.33. The Morgan fingerprint density at radius 3 is 2.11 bits per heavy atom. The van der Waals surface area contributed by atoms with Crippen LogP contribution in [-0.2, 0) is 4.79 Å². The van der Waals surface area contributed by atoms with E-state index in [1.165, 1.54) is 12.8 Å². The van der Waals surface area contributed by atoms with Crippen molar-refractivity contribution in [3.63, 3.8) is 0 Å². The van der Waals surface area contributed by atoms with Crippen molar-refractivity contribution in [2.45, 2.75) is 72.1 Å². The largest absolute Gasteiger partial charge is 0.481 e. The van der Waals surface area contributed by atoms with E-state index in [9.17, 15) is 9.90 Å². The van der Waals surface area contributed by atoms with Gasteiger partial charge < -0.3 is 5.11 Å². The molecule has 0 amide bonds. The molecule has 2 aliphatic rings. The molecule has 2 saturated carbocycles. The van der Waals surface area contributed by atoms with Crippen LogP contribution in [0.25, 0.3) is 0 Å². The van der Waals surface area contributed by atoms with Crippen LogP contribution in [0, 0.1) is 22.7 Å². The van der Waals surface area contributed by atoms with Crippen LogP contribution in [-0.4, -0.2) is 11.1 Å². The van der Waals surface area contributed by atoms with E-state index in [1.54, 1.807) is 0 Å². The summed E-state index contributed by atoms with van der Waals surface area (Å²) >= 11 is 0. The minimum atomic E-state index is -0.532. The Labute approximate surface area is 111 Å². The summed E-state index contributed by atoms with van der Waals surface area (Å²) in [7, 11) is 0. The molecule has 0 aliphatic heterocycles. The molecule has 2 nitrogen and oxygen atoms in total. The zero-order chi connectivity index (χ0) is 13.4. The number of rotatable bonds is 4. The topological polar surface area (TPSA) is 37.3 Å². The van der Waals surface area contributed by atoms with Crippen molar-refractivity contribution in [3.05, 3.63) is 0 Å². The van der Waals surface area contributed by atoms with Crippen molar-refractivity contribution in [3.8, 4) is 0 Å². The molecule has 0 heterocycles. The number of carbonyl (C=O) groups is 1. The molecule has 18 heavy (non-hydrogen) atoms. The van der Waals surface area contributed by atoms with Gasteiger partial charge in [-0.15, -0.1) is 0 Å². The van der Waals surface area contributed by atoms with Crippen molar-refractivity contribution < 1.29 is 9.90 Å². The monoisotopic (exact) mass is 252 g/mol. The lowest BCUT2D eigenvalue weighted by Gasteiger charge is -2.42. The van der Waals surface area contributed by atoms with Crippen molar-refractivity contribution in [2.75, 3.05) is 0 Å². The van der Waals surface area contributed by atoms with Crippen LogP contribution in [0.2, 0.25) is 0 Å². The molecular weight excluding hydrogens is 224 g/mol. The van der Waals surface area contributed by atoms with E-state index < -0.39 is 5.97 Å². The van der Waals surface area contributed by atoms with E-state index in [1.807, 2.05) is 0 Å². The van der Waals surface area contributed by atoms with Gasteiger partial charge in [0, 0.05) is 0 Å². The Morgan fingerprint density at radius 2 is 1.72 bits per heavy atom. The van der Waals surface area contributed by atoms with Gasteiger partial charge in [0.1, 0.15) is 0 Å². The highest BCUT2D eigenvalue weighted by atomic mass is 16.4. The maximum absolute atomic E-state index is 11.7. The summed E-state index contributed by atoms with van der Waals surface area (Å²) in [5.41, 5.74) is -0.0501. The summed E-state index contributed by atoms with van der Waals surface area (Å²) in [6.07, 6.45) is 8.73. The minimum Gasteiger partial charge on any atom is -0.481 e. The molecule has 104 valence electrons. The summed E-state index contributed by atoms with van der Waals surface area (Å²) in [5, 5.41) is 9.61. The average Bonchev–Trinajstić information content (AvgIpc) is 3.09. The van der Waals surface area contributed by atoms with Gasteiger partial charge in [0.25, 0.3) is 0 Å². The van der Waals surface area contributed by atoms with E-state index in [4.69, 9.17) is 0 Å². The summed E-state index contributed by atoms with van der Waals surface area (Å²) in [5.74, 6) is 1.02. The third kappa shape index (κ3) is 3.07. The SMILES string of the molecule is CC(C)(C)C1CCC(CCC2CC2)(C(=O)O)CC1. The van der Waals surface area contributed by atoms with Crippen molar-refractivity contribution >= 4 is 5.97 Å². The standard InChI is InChI=1S/C16H28O2/c1-15(2,3)13-7-10-16(11-8-13,14(17)18)9-6-12-4-5-12/h12-13H,4-11H2,1-3H3,(H,17,18). The van der Waals surface area contributed by atoms with Crippen molar-refractivity contribution in [1.82, 2.24) is 0 Å². The summed E-state index contributed by atoms with van der Waals surface area (Å²) < 4.78 is 0. The highest BCUT2D eigenvalue weighted by molar-refractivity contribution is 5.74. The summed E-state index contributed by atoms with van der Waals surface area (Å²) in [6.45, 7) is 6.86. The van der Waals surface area contributed by atoms with Crippen molar-refractivity contribution in [2.24, 2.45) is 22.7 Å². The number of hydrogen-bond acceptors (Lipinski definition) is 1. The number of carboxylic acids is 1. The van der Waals surface area contributed by atoms with E-state index in [2.05, 4.69) is 20.8 Å². The zero-order valence-electron chi connectivity index (χ0n) is 12.2. The van der Waals surface area contributed by atoms with Crippen LogP contribution in [0.4, 0.5) is 0 Å². The first-order valence-corrected chi connectivity index (χ1v) is 7.57. The smallest absolute Gasteiger partial charge is 0.309 e. The van der Waals surface area contributed by atoms with Crippen molar-refractivity contribution in [1.29, 1.82) is 0 Å². The van der Waals surface area contributed by atoms with Gasteiger partial charge in [-0.2, -0.15) is 0 Å². The molecule has 0 saturated heterocycles. The molecular formula is C16H28O2. The van der Waals surface area contributed by atoms with Gasteiger partial charge >= 0.3 is 5.97 Å². The van der Waals surface area contributed by atoms with Crippen LogP contribution < -0.4 is 0 Å². The molecule has 0 radical (unpaired) electrons. The molecule has 0 unspecified atom stereocenters. The summed E-state index contributed by atoms with van der Waals surface area (Å²) in [4.78, 5) is 11.7. The lowest BCUT2D eigenvalue weighted by Crippen LogP contribution is -2.38. The molecule has 1 N–H and O–H groups in total. The molecule has 0 spiro atoms. The molecule has 2 fully saturated rings. The van der Waals surface area contributed by atoms with E-state index in [0.29, 0.717) is 11.3 Å². The van der Waals surface area contributed by atoms with Gasteiger partial charge in [-0.05, 0) is 55.8 Å². The predicted molar refractivity (Wildman–Crippen MR) is 73.4 cm³/mol. The highest BCUT2D eigenvalue weighted by Gasteiger charge is 2.44. The summed E-state index contributed by atoms with van der Waals surface area (Å²) in [6, 6.07) is 0. The van der Waals surface area contributed by atoms with Crippen LogP contribution >= 0.6 is 0 Å². The Hall–Kier alpha value is -0.530. The second-order valence-electron chi connectivity index (χ2n) is 7.71. The van der Waals surface area contributed by atoms with Gasteiger partial charge in [0.05, 0.1) is 5.41 Å². The normalized spacial score (nSPS) is 33.4. The molecule has 2 heteroatoms. The lowest BCUT2D eigenvalue weighted by atomic mass is 9.62. The van der Waals surface area contributed by atoms with E-state index >= 15 is 0 Å². The second kappa shape index (κ2) is 4.86.